The van der Waals surface area contributed by atoms with Crippen molar-refractivity contribution < 1.29 is 24.5 Å². The van der Waals surface area contributed by atoms with Crippen LogP contribution in [0.3, 0.4) is 0 Å². The van der Waals surface area contributed by atoms with Gasteiger partial charge in [0.15, 0.2) is 0 Å². The third kappa shape index (κ3) is 39.1. The minimum atomic E-state index is -0.832. The lowest BCUT2D eigenvalue weighted by Crippen LogP contribution is -2.46. The Kier molecular flexibility index (Phi) is 41.5. The van der Waals surface area contributed by atoms with E-state index in [0.717, 1.165) is 83.5 Å². The SMILES string of the molecule is CC/C=C\C/C=C\C/C=C\C/C=C\C/C=C\C/C=C\C(CC(=O)NC(CO)C(O)CCCCCCCCCCC)OC(=O)CCCCC\C=C/C=C\C=C\C=C\CC. The maximum absolute atomic E-state index is 13.1. The summed E-state index contributed by atoms with van der Waals surface area (Å²) in [5, 5.41) is 23.5. The summed E-state index contributed by atoms with van der Waals surface area (Å²) in [6.45, 7) is 6.13. The molecule has 0 saturated heterocycles. The van der Waals surface area contributed by atoms with Gasteiger partial charge in [0.05, 0.1) is 25.2 Å². The van der Waals surface area contributed by atoms with E-state index in [0.29, 0.717) is 12.8 Å². The van der Waals surface area contributed by atoms with Crippen molar-refractivity contribution >= 4 is 11.9 Å². The molecule has 0 rings (SSSR count). The zero-order valence-corrected chi connectivity index (χ0v) is 36.9. The number of hydrogen-bond acceptors (Lipinski definition) is 5. The van der Waals surface area contributed by atoms with Crippen molar-refractivity contribution in [3.8, 4) is 0 Å². The van der Waals surface area contributed by atoms with Gasteiger partial charge in [0.25, 0.3) is 0 Å². The first-order valence-corrected chi connectivity index (χ1v) is 22.8. The predicted molar refractivity (Wildman–Crippen MR) is 250 cm³/mol. The smallest absolute Gasteiger partial charge is 0.306 e. The van der Waals surface area contributed by atoms with Gasteiger partial charge >= 0.3 is 5.97 Å². The quantitative estimate of drug-likeness (QED) is 0.0250. The average Bonchev–Trinajstić information content (AvgIpc) is 3.22. The van der Waals surface area contributed by atoms with E-state index in [1.165, 1.54) is 38.5 Å². The van der Waals surface area contributed by atoms with Crippen LogP contribution < -0.4 is 5.32 Å². The fourth-order valence-electron chi connectivity index (χ4n) is 5.96. The Morgan fingerprint density at radius 3 is 1.59 bits per heavy atom. The van der Waals surface area contributed by atoms with Crippen molar-refractivity contribution in [2.45, 2.75) is 187 Å². The number of aliphatic hydroxyl groups excluding tert-OH is 2. The van der Waals surface area contributed by atoms with Crippen molar-refractivity contribution in [3.63, 3.8) is 0 Å². The van der Waals surface area contributed by atoms with Gasteiger partial charge in [-0.05, 0) is 76.7 Å². The first-order chi connectivity index (χ1) is 28.5. The molecule has 326 valence electrons. The highest BCUT2D eigenvalue weighted by atomic mass is 16.5. The molecule has 0 aliphatic heterocycles. The molecule has 0 radical (unpaired) electrons. The van der Waals surface area contributed by atoms with Crippen molar-refractivity contribution in [3.05, 3.63) is 122 Å². The average molecular weight is 802 g/mol. The topological polar surface area (TPSA) is 95.9 Å². The van der Waals surface area contributed by atoms with Crippen LogP contribution in [-0.2, 0) is 14.3 Å². The fourth-order valence-corrected chi connectivity index (χ4v) is 5.96. The number of carbonyl (C=O) groups is 2. The number of esters is 1. The van der Waals surface area contributed by atoms with E-state index >= 15 is 0 Å². The molecule has 0 saturated carbocycles. The molecule has 3 atom stereocenters. The van der Waals surface area contributed by atoms with Crippen molar-refractivity contribution in [1.82, 2.24) is 5.32 Å². The Morgan fingerprint density at radius 1 is 0.552 bits per heavy atom. The number of aliphatic hydroxyl groups is 2. The Morgan fingerprint density at radius 2 is 1.03 bits per heavy atom. The van der Waals surface area contributed by atoms with Gasteiger partial charge < -0.3 is 20.3 Å². The molecule has 0 aromatic carbocycles. The molecular formula is C52H83NO5. The number of carbonyl (C=O) groups excluding carboxylic acids is 2. The summed E-state index contributed by atoms with van der Waals surface area (Å²) in [4.78, 5) is 25.9. The number of hydrogen-bond donors (Lipinski definition) is 3. The molecule has 0 heterocycles. The second kappa shape index (κ2) is 44.4. The van der Waals surface area contributed by atoms with Gasteiger partial charge in [0.1, 0.15) is 6.10 Å². The van der Waals surface area contributed by atoms with Crippen LogP contribution in [-0.4, -0.2) is 46.9 Å². The van der Waals surface area contributed by atoms with Crippen LogP contribution in [0.1, 0.15) is 168 Å². The minimum absolute atomic E-state index is 0.0719. The summed E-state index contributed by atoms with van der Waals surface area (Å²) >= 11 is 0. The third-order valence-corrected chi connectivity index (χ3v) is 9.38. The Hall–Kier alpha value is -3.74. The van der Waals surface area contributed by atoms with Crippen LogP contribution in [0.4, 0.5) is 0 Å². The maximum atomic E-state index is 13.1. The van der Waals surface area contributed by atoms with E-state index < -0.39 is 18.2 Å². The largest absolute Gasteiger partial charge is 0.458 e. The summed E-state index contributed by atoms with van der Waals surface area (Å²) in [5.41, 5.74) is 0. The van der Waals surface area contributed by atoms with Crippen LogP contribution >= 0.6 is 0 Å². The van der Waals surface area contributed by atoms with Crippen LogP contribution in [0.15, 0.2) is 122 Å². The first-order valence-electron chi connectivity index (χ1n) is 22.8. The van der Waals surface area contributed by atoms with Crippen molar-refractivity contribution in [2.75, 3.05) is 6.61 Å². The van der Waals surface area contributed by atoms with E-state index in [-0.39, 0.29) is 31.3 Å². The molecule has 3 N–H and O–H groups in total. The summed E-state index contributed by atoms with van der Waals surface area (Å²) in [6, 6.07) is -0.757. The number of nitrogens with one attached hydrogen (secondary N) is 1. The highest BCUT2D eigenvalue weighted by molar-refractivity contribution is 5.78. The van der Waals surface area contributed by atoms with Crippen LogP contribution in [0.25, 0.3) is 0 Å². The lowest BCUT2D eigenvalue weighted by Gasteiger charge is -2.23. The van der Waals surface area contributed by atoms with Gasteiger partial charge in [-0.3, -0.25) is 9.59 Å². The molecule has 0 bridgehead atoms. The molecule has 0 aromatic heterocycles. The molecule has 0 aliphatic carbocycles. The second-order valence-corrected chi connectivity index (χ2v) is 14.8. The Balaban J connectivity index is 4.92. The molecule has 1 amide bonds. The molecule has 6 heteroatoms. The molecular weight excluding hydrogens is 719 g/mol. The number of allylic oxidation sites excluding steroid dienone is 19. The second-order valence-electron chi connectivity index (χ2n) is 14.8. The summed E-state index contributed by atoms with van der Waals surface area (Å²) in [5.74, 6) is -0.694. The molecule has 0 fully saturated rings. The molecule has 0 aliphatic rings. The molecule has 6 nitrogen and oxygen atoms in total. The Labute approximate surface area is 355 Å². The van der Waals surface area contributed by atoms with Gasteiger partial charge in [-0.25, -0.2) is 0 Å². The zero-order chi connectivity index (χ0) is 42.4. The van der Waals surface area contributed by atoms with Gasteiger partial charge in [0.2, 0.25) is 5.91 Å². The van der Waals surface area contributed by atoms with Gasteiger partial charge in [-0.1, -0.05) is 200 Å². The summed E-state index contributed by atoms with van der Waals surface area (Å²) in [6.07, 6.45) is 61.5. The molecule has 0 aromatic rings. The predicted octanol–water partition coefficient (Wildman–Crippen LogP) is 13.3. The lowest BCUT2D eigenvalue weighted by atomic mass is 10.0. The number of ether oxygens (including phenoxy) is 1. The highest BCUT2D eigenvalue weighted by Gasteiger charge is 2.23. The summed E-state index contributed by atoms with van der Waals surface area (Å²) in [7, 11) is 0. The van der Waals surface area contributed by atoms with Crippen molar-refractivity contribution in [2.24, 2.45) is 0 Å². The number of rotatable bonds is 38. The molecule has 0 spiro atoms. The van der Waals surface area contributed by atoms with Gasteiger partial charge in [0, 0.05) is 6.42 Å². The minimum Gasteiger partial charge on any atom is -0.458 e. The van der Waals surface area contributed by atoms with Crippen LogP contribution in [0.5, 0.6) is 0 Å². The molecule has 3 unspecified atom stereocenters. The number of unbranched alkanes of at least 4 members (excludes halogenated alkanes) is 11. The third-order valence-electron chi connectivity index (χ3n) is 9.38. The fraction of sp³-hybridized carbons (Fsp3) is 0.577. The molecule has 58 heavy (non-hydrogen) atoms. The first kappa shape index (κ1) is 54.3. The maximum Gasteiger partial charge on any atom is 0.306 e. The standard InChI is InChI=1S/C52H83NO5/c1-4-7-10-13-16-19-21-23-24-25-26-28-29-32-34-37-40-43-48(58-52(57)45-42-39-36-33-30-27-22-20-17-14-11-8-5-2)46-51(56)53-49(47-54)50(55)44-41-38-35-31-18-15-12-9-6-3/h7-8,10-11,14,16-17,19-20,22-24,26-28,30,32,34,40,43,48-50,54-55H,4-6,9,12-13,15,18,21,25,29,31,33,35-39,41-42,44-47H2,1-3H3,(H,53,56)/b10-7-,11-8+,17-14+,19-16-,22-20-,24-23-,28-26-,30-27-,34-32-,43-40-. The normalized spacial score (nSPS) is 14.5. The summed E-state index contributed by atoms with van der Waals surface area (Å²) < 4.78 is 5.77. The lowest BCUT2D eigenvalue weighted by molar-refractivity contribution is -0.148. The van der Waals surface area contributed by atoms with Crippen molar-refractivity contribution in [1.29, 1.82) is 0 Å². The monoisotopic (exact) mass is 802 g/mol. The Bertz CT molecular complexity index is 1260. The van der Waals surface area contributed by atoms with Gasteiger partial charge in [-0.2, -0.15) is 0 Å². The van der Waals surface area contributed by atoms with E-state index in [2.05, 4.69) is 99.0 Å². The number of amides is 1. The highest BCUT2D eigenvalue weighted by Crippen LogP contribution is 2.14. The zero-order valence-electron chi connectivity index (χ0n) is 36.9. The van der Waals surface area contributed by atoms with E-state index in [4.69, 9.17) is 4.74 Å². The van der Waals surface area contributed by atoms with Crippen LogP contribution in [0, 0.1) is 0 Å². The van der Waals surface area contributed by atoms with Crippen LogP contribution in [0.2, 0.25) is 0 Å². The van der Waals surface area contributed by atoms with E-state index in [9.17, 15) is 19.8 Å². The van der Waals surface area contributed by atoms with E-state index in [1.807, 2.05) is 42.5 Å². The van der Waals surface area contributed by atoms with Gasteiger partial charge in [-0.15, -0.1) is 0 Å². The van der Waals surface area contributed by atoms with E-state index in [1.54, 1.807) is 6.08 Å².